The normalized spacial score (nSPS) is 16.7. The maximum absolute atomic E-state index is 11.6. The number of H-pyrrole nitrogens is 1. The minimum Gasteiger partial charge on any atom is -0.379 e. The number of amides is 1. The summed E-state index contributed by atoms with van der Waals surface area (Å²) in [7, 11) is 0. The largest absolute Gasteiger partial charge is 0.379 e. The first kappa shape index (κ1) is 12.9. The Balaban J connectivity index is 1.54. The van der Waals surface area contributed by atoms with E-state index in [0.29, 0.717) is 38.5 Å². The maximum atomic E-state index is 11.6. The van der Waals surface area contributed by atoms with Crippen LogP contribution in [0.3, 0.4) is 0 Å². The van der Waals surface area contributed by atoms with E-state index in [9.17, 15) is 4.79 Å². The van der Waals surface area contributed by atoms with Crippen LogP contribution >= 0.6 is 0 Å². The van der Waals surface area contributed by atoms with Gasteiger partial charge in [-0.25, -0.2) is 0 Å². The minimum absolute atomic E-state index is 0.0602. The molecule has 2 heterocycles. The first-order valence-corrected chi connectivity index (χ1v) is 6.14. The van der Waals surface area contributed by atoms with Crippen molar-refractivity contribution in [1.82, 2.24) is 30.8 Å². The molecule has 100 valence electrons. The van der Waals surface area contributed by atoms with Crippen molar-refractivity contribution in [3.63, 3.8) is 0 Å². The van der Waals surface area contributed by atoms with Gasteiger partial charge in [-0.1, -0.05) is 5.21 Å². The molecule has 1 aliphatic rings. The molecule has 2 N–H and O–H groups in total. The first-order chi connectivity index (χ1) is 8.84. The topological polar surface area (TPSA) is 96.0 Å². The molecule has 0 unspecified atom stereocenters. The van der Waals surface area contributed by atoms with Crippen molar-refractivity contribution in [1.29, 1.82) is 0 Å². The minimum atomic E-state index is 0.0602. The number of nitrogens with one attached hydrogen (secondary N) is 2. The van der Waals surface area contributed by atoms with Crippen molar-refractivity contribution in [2.45, 2.75) is 12.8 Å². The van der Waals surface area contributed by atoms with Gasteiger partial charge in [-0.2, -0.15) is 5.21 Å². The molecular formula is C10H18N6O2. The zero-order valence-corrected chi connectivity index (χ0v) is 10.3. The summed E-state index contributed by atoms with van der Waals surface area (Å²) < 4.78 is 5.23. The number of hydrogen-bond acceptors (Lipinski definition) is 6. The molecule has 0 aromatic carbocycles. The lowest BCUT2D eigenvalue weighted by atomic mass is 10.3. The highest BCUT2D eigenvalue weighted by Crippen LogP contribution is 1.96. The number of morpholine rings is 1. The van der Waals surface area contributed by atoms with E-state index < -0.39 is 0 Å². The van der Waals surface area contributed by atoms with E-state index in [1.807, 2.05) is 0 Å². The lowest BCUT2D eigenvalue weighted by Gasteiger charge is -2.25. The molecule has 0 radical (unpaired) electrons. The zero-order valence-electron chi connectivity index (χ0n) is 10.3. The third kappa shape index (κ3) is 4.38. The Morgan fingerprint density at radius 3 is 3.00 bits per heavy atom. The summed E-state index contributed by atoms with van der Waals surface area (Å²) in [6.07, 6.45) is 1.53. The Labute approximate surface area is 105 Å². The molecule has 8 nitrogen and oxygen atoms in total. The predicted octanol–water partition coefficient (Wildman–Crippen LogP) is -1.42. The van der Waals surface area contributed by atoms with Crippen LogP contribution in [0.2, 0.25) is 0 Å². The van der Waals surface area contributed by atoms with Crippen molar-refractivity contribution in [2.24, 2.45) is 0 Å². The van der Waals surface area contributed by atoms with Gasteiger partial charge in [-0.15, -0.1) is 10.2 Å². The number of ether oxygens (including phenoxy) is 1. The molecule has 0 atom stereocenters. The Morgan fingerprint density at radius 2 is 2.28 bits per heavy atom. The summed E-state index contributed by atoms with van der Waals surface area (Å²) in [5.74, 6) is 0.738. The van der Waals surface area contributed by atoms with Crippen LogP contribution in [0.5, 0.6) is 0 Å². The molecular weight excluding hydrogens is 236 g/mol. The summed E-state index contributed by atoms with van der Waals surface area (Å²) in [5, 5.41) is 16.4. The number of tetrazole rings is 1. The summed E-state index contributed by atoms with van der Waals surface area (Å²) in [6.45, 7) is 4.17. The van der Waals surface area contributed by atoms with Gasteiger partial charge in [-0.05, 0) is 6.42 Å². The van der Waals surface area contributed by atoms with Crippen molar-refractivity contribution in [3.8, 4) is 0 Å². The number of aromatic nitrogens is 4. The van der Waals surface area contributed by atoms with Crippen LogP contribution < -0.4 is 5.32 Å². The Bertz CT molecular complexity index is 349. The van der Waals surface area contributed by atoms with E-state index in [4.69, 9.17) is 4.74 Å². The molecule has 18 heavy (non-hydrogen) atoms. The molecule has 1 saturated heterocycles. The molecule has 8 heteroatoms. The number of carbonyl (C=O) groups is 1. The second kappa shape index (κ2) is 7.02. The molecule has 0 spiro atoms. The number of carbonyl (C=O) groups excluding carboxylic acids is 1. The van der Waals surface area contributed by atoms with Gasteiger partial charge in [0.2, 0.25) is 5.91 Å². The van der Waals surface area contributed by atoms with Crippen molar-refractivity contribution >= 4 is 5.91 Å². The van der Waals surface area contributed by atoms with Gasteiger partial charge in [0.1, 0.15) is 0 Å². The van der Waals surface area contributed by atoms with Crippen LogP contribution in [0, 0.1) is 0 Å². The second-order valence-electron chi connectivity index (χ2n) is 4.17. The van der Waals surface area contributed by atoms with Gasteiger partial charge in [0.25, 0.3) is 0 Å². The van der Waals surface area contributed by atoms with Crippen molar-refractivity contribution < 1.29 is 9.53 Å². The Morgan fingerprint density at radius 1 is 1.44 bits per heavy atom. The standard InChI is InChI=1S/C10H18N6O2/c17-10(8-16-4-6-18-7-5-16)11-3-1-2-9-12-14-15-13-9/h1-8H2,(H,11,17)(H,12,13,14,15). The highest BCUT2D eigenvalue weighted by molar-refractivity contribution is 5.77. The third-order valence-electron chi connectivity index (χ3n) is 2.76. The Kier molecular flexibility index (Phi) is 5.03. The molecule has 1 aliphatic heterocycles. The van der Waals surface area contributed by atoms with Gasteiger partial charge < -0.3 is 10.1 Å². The van der Waals surface area contributed by atoms with Gasteiger partial charge in [0.15, 0.2) is 5.82 Å². The fourth-order valence-corrected chi connectivity index (χ4v) is 1.78. The first-order valence-electron chi connectivity index (χ1n) is 6.14. The number of aromatic amines is 1. The number of aryl methyl sites for hydroxylation is 1. The van der Waals surface area contributed by atoms with Crippen LogP contribution in [-0.2, 0) is 16.0 Å². The van der Waals surface area contributed by atoms with Gasteiger partial charge in [0.05, 0.1) is 19.8 Å². The lowest BCUT2D eigenvalue weighted by Crippen LogP contribution is -2.43. The zero-order chi connectivity index (χ0) is 12.6. The second-order valence-corrected chi connectivity index (χ2v) is 4.17. The quantitative estimate of drug-likeness (QED) is 0.605. The summed E-state index contributed by atoms with van der Waals surface area (Å²) in [4.78, 5) is 13.7. The SMILES string of the molecule is O=C(CN1CCOCC1)NCCCc1nn[nH]n1. The highest BCUT2D eigenvalue weighted by atomic mass is 16.5. The van der Waals surface area contributed by atoms with E-state index in [0.717, 1.165) is 19.5 Å². The fraction of sp³-hybridized carbons (Fsp3) is 0.800. The molecule has 0 bridgehead atoms. The van der Waals surface area contributed by atoms with Crippen LogP contribution in [-0.4, -0.2) is 70.8 Å². The highest BCUT2D eigenvalue weighted by Gasteiger charge is 2.13. The smallest absolute Gasteiger partial charge is 0.234 e. The summed E-state index contributed by atoms with van der Waals surface area (Å²) >= 11 is 0. The fourth-order valence-electron chi connectivity index (χ4n) is 1.78. The van der Waals surface area contributed by atoms with E-state index >= 15 is 0 Å². The summed E-state index contributed by atoms with van der Waals surface area (Å²) in [5.41, 5.74) is 0. The van der Waals surface area contributed by atoms with Crippen molar-refractivity contribution in [3.05, 3.63) is 5.82 Å². The summed E-state index contributed by atoms with van der Waals surface area (Å²) in [6, 6.07) is 0. The number of nitrogens with zero attached hydrogens (tertiary/aromatic N) is 4. The van der Waals surface area contributed by atoms with E-state index in [1.165, 1.54) is 0 Å². The van der Waals surface area contributed by atoms with Gasteiger partial charge in [0, 0.05) is 26.1 Å². The Hall–Kier alpha value is -1.54. The van der Waals surface area contributed by atoms with Crippen LogP contribution in [0.15, 0.2) is 0 Å². The molecule has 2 rings (SSSR count). The lowest BCUT2D eigenvalue weighted by molar-refractivity contribution is -0.123. The van der Waals surface area contributed by atoms with E-state index in [1.54, 1.807) is 0 Å². The van der Waals surface area contributed by atoms with Gasteiger partial charge in [-0.3, -0.25) is 9.69 Å². The number of rotatable bonds is 6. The maximum Gasteiger partial charge on any atom is 0.234 e. The van der Waals surface area contributed by atoms with E-state index in [2.05, 4.69) is 30.8 Å². The van der Waals surface area contributed by atoms with Crippen molar-refractivity contribution in [2.75, 3.05) is 39.4 Å². The number of hydrogen-bond donors (Lipinski definition) is 2. The molecule has 1 fully saturated rings. The molecule has 1 amide bonds. The van der Waals surface area contributed by atoms with Crippen LogP contribution in [0.4, 0.5) is 0 Å². The third-order valence-corrected chi connectivity index (χ3v) is 2.76. The molecule has 1 aromatic rings. The molecule has 0 aliphatic carbocycles. The molecule has 0 saturated carbocycles. The van der Waals surface area contributed by atoms with Crippen LogP contribution in [0.1, 0.15) is 12.2 Å². The van der Waals surface area contributed by atoms with Gasteiger partial charge >= 0.3 is 0 Å². The average Bonchev–Trinajstić information content (AvgIpc) is 2.89. The predicted molar refractivity (Wildman–Crippen MR) is 62.8 cm³/mol. The average molecular weight is 254 g/mol. The van der Waals surface area contributed by atoms with E-state index in [-0.39, 0.29) is 5.91 Å². The monoisotopic (exact) mass is 254 g/mol. The van der Waals surface area contributed by atoms with Crippen LogP contribution in [0.25, 0.3) is 0 Å². The molecule has 1 aromatic heterocycles.